The monoisotopic (exact) mass is 584 g/mol. The maximum Gasteiger partial charge on any atom is 0.340 e. The van der Waals surface area contributed by atoms with Crippen LogP contribution >= 0.6 is 38.1 Å². The highest BCUT2D eigenvalue weighted by Crippen LogP contribution is 2.55. The Bertz CT molecular complexity index is 1230. The number of thiophene rings is 1. The summed E-state index contributed by atoms with van der Waals surface area (Å²) in [6.07, 6.45) is 0.854. The lowest BCUT2D eigenvalue weighted by atomic mass is 9.90. The number of nitrogens with zero attached hydrogens (tertiary/aromatic N) is 2. The van der Waals surface area contributed by atoms with Gasteiger partial charge in [0.25, 0.3) is 0 Å². The molecule has 3 fully saturated rings. The second-order valence-electron chi connectivity index (χ2n) is 9.87. The molecule has 10 nitrogen and oxygen atoms in total. The van der Waals surface area contributed by atoms with Gasteiger partial charge in [-0.2, -0.15) is 0 Å². The third-order valence-corrected chi connectivity index (χ3v) is 12.0. The molecular formula is C21H28ClFN2O8P2S. The first-order valence-electron chi connectivity index (χ1n) is 11.7. The van der Waals surface area contributed by atoms with E-state index < -0.39 is 52.2 Å². The first kappa shape index (κ1) is 26.9. The van der Waals surface area contributed by atoms with E-state index in [0.717, 1.165) is 23.5 Å². The molecule has 2 saturated heterocycles. The first-order valence-corrected chi connectivity index (χ1v) is 16.5. The van der Waals surface area contributed by atoms with Crippen molar-refractivity contribution in [2.45, 2.75) is 43.6 Å². The molecule has 3 aliphatic rings. The minimum atomic E-state index is -4.76. The summed E-state index contributed by atoms with van der Waals surface area (Å²) < 4.78 is 50.1. The second kappa shape index (κ2) is 9.83. The second-order valence-corrected chi connectivity index (χ2v) is 15.1. The molecule has 0 bridgehead atoms. The largest absolute Gasteiger partial charge is 0.387 e. The summed E-state index contributed by atoms with van der Waals surface area (Å²) >= 11 is 7.70. The summed E-state index contributed by atoms with van der Waals surface area (Å²) in [6.45, 7) is 0.945. The highest BCUT2D eigenvalue weighted by Gasteiger charge is 2.52. The van der Waals surface area contributed by atoms with E-state index in [1.165, 1.54) is 30.6 Å². The fourth-order valence-electron chi connectivity index (χ4n) is 5.69. The van der Waals surface area contributed by atoms with Gasteiger partial charge >= 0.3 is 15.2 Å². The molecule has 0 amide bonds. The van der Waals surface area contributed by atoms with Crippen molar-refractivity contribution < 1.29 is 42.6 Å². The van der Waals surface area contributed by atoms with E-state index in [1.807, 2.05) is 6.07 Å². The number of pyridine rings is 1. The molecule has 3 unspecified atom stereocenters. The Kier molecular flexibility index (Phi) is 7.35. The number of aromatic nitrogens is 1. The summed E-state index contributed by atoms with van der Waals surface area (Å²) in [5, 5.41) is 12.7. The van der Waals surface area contributed by atoms with Crippen molar-refractivity contribution >= 4 is 54.0 Å². The van der Waals surface area contributed by atoms with E-state index in [2.05, 4.69) is 9.88 Å². The van der Waals surface area contributed by atoms with Gasteiger partial charge in [-0.05, 0) is 24.7 Å². The van der Waals surface area contributed by atoms with Crippen LogP contribution in [0.25, 0.3) is 10.2 Å². The normalized spacial score (nSPS) is 32.3. The predicted octanol–water partition coefficient (Wildman–Crippen LogP) is 3.84. The van der Waals surface area contributed by atoms with E-state index in [0.29, 0.717) is 17.4 Å². The number of aliphatic hydroxyl groups excluding tert-OH is 1. The third kappa shape index (κ3) is 5.27. The number of halogens is 2. The number of fused-ring (bicyclic) bond motifs is 2. The Hall–Kier alpha value is -0.650. The molecule has 200 valence electrons. The van der Waals surface area contributed by atoms with Crippen molar-refractivity contribution in [3.05, 3.63) is 22.2 Å². The van der Waals surface area contributed by atoms with Crippen LogP contribution < -0.4 is 4.90 Å². The fraction of sp³-hybridized carbons (Fsp3) is 0.667. The molecule has 5 rings (SSSR count). The molecule has 36 heavy (non-hydrogen) atoms. The summed E-state index contributed by atoms with van der Waals surface area (Å²) in [6, 6.07) is 1.81. The predicted molar refractivity (Wildman–Crippen MR) is 134 cm³/mol. The summed E-state index contributed by atoms with van der Waals surface area (Å²) in [7, 11) is -9.32. The first-order chi connectivity index (χ1) is 16.9. The van der Waals surface area contributed by atoms with Crippen LogP contribution in [0.3, 0.4) is 0 Å². The Morgan fingerprint density at radius 2 is 1.97 bits per heavy atom. The highest BCUT2D eigenvalue weighted by molar-refractivity contribution is 7.70. The zero-order chi connectivity index (χ0) is 25.9. The average Bonchev–Trinajstić information content (AvgIpc) is 3.51. The number of alkyl halides is 1. The van der Waals surface area contributed by atoms with E-state index in [1.54, 1.807) is 5.38 Å². The zero-order valence-corrected chi connectivity index (χ0v) is 22.6. The summed E-state index contributed by atoms with van der Waals surface area (Å²) in [5.74, 6) is -0.0132. The quantitative estimate of drug-likeness (QED) is 0.266. The van der Waals surface area contributed by atoms with Gasteiger partial charge < -0.3 is 33.9 Å². The van der Waals surface area contributed by atoms with E-state index >= 15 is 4.39 Å². The Morgan fingerprint density at radius 3 is 2.64 bits per heavy atom. The van der Waals surface area contributed by atoms with Gasteiger partial charge in [-0.25, -0.2) is 9.37 Å². The average molecular weight is 585 g/mol. The molecule has 15 heteroatoms. The number of aliphatic hydroxyl groups is 1. The maximum atomic E-state index is 16.3. The number of ether oxygens (including phenoxy) is 1. The Balaban J connectivity index is 1.33. The standard InChI is InChI=1S/C21H28ClFN2O8P2S/c22-17-6-15(25-7-12-2-1-3-13(12)8-25)19-18(24-17)14(9-36-19)21(23)10-32-16(20(21)26)4-5-33-35(30,31)11-34(27,28)29/h6,9,12-13,16,20,26H,1-5,7-8,10-11H2,(H,30,31)(H2,27,28,29)/t12?,13?,16-,20-,21-/m1/s1. The van der Waals surface area contributed by atoms with Crippen LogP contribution in [0.2, 0.25) is 5.15 Å². The van der Waals surface area contributed by atoms with Gasteiger partial charge in [0.2, 0.25) is 0 Å². The van der Waals surface area contributed by atoms with Gasteiger partial charge in [0.15, 0.2) is 11.6 Å². The molecule has 0 spiro atoms. The van der Waals surface area contributed by atoms with E-state index in [9.17, 15) is 19.1 Å². The molecule has 2 aromatic rings. The van der Waals surface area contributed by atoms with Crippen molar-refractivity contribution in [3.8, 4) is 0 Å². The van der Waals surface area contributed by atoms with Crippen molar-refractivity contribution in [3.63, 3.8) is 0 Å². The van der Waals surface area contributed by atoms with Gasteiger partial charge in [0.05, 0.1) is 35.2 Å². The Morgan fingerprint density at radius 1 is 1.28 bits per heavy atom. The summed E-state index contributed by atoms with van der Waals surface area (Å²) in [4.78, 5) is 34.0. The SMILES string of the molecule is O=P(O)(O)CP(=O)(O)OCC[C@H]1OC[C@@](F)(c2csc3c(N4CC5CCCC5C4)cc(Cl)nc23)[C@@H]1O. The van der Waals surface area contributed by atoms with Crippen molar-refractivity contribution in [2.24, 2.45) is 11.8 Å². The van der Waals surface area contributed by atoms with Crippen LogP contribution in [0.15, 0.2) is 11.4 Å². The minimum absolute atomic E-state index is 0.156. The van der Waals surface area contributed by atoms with Crippen molar-refractivity contribution in [2.75, 3.05) is 37.1 Å². The van der Waals surface area contributed by atoms with Gasteiger partial charge in [-0.1, -0.05) is 18.0 Å². The van der Waals surface area contributed by atoms with Crippen LogP contribution in [0, 0.1) is 11.8 Å². The number of hydrogen-bond acceptors (Lipinski definition) is 8. The van der Waals surface area contributed by atoms with Gasteiger partial charge in [0, 0.05) is 36.5 Å². The lowest BCUT2D eigenvalue weighted by Crippen LogP contribution is -2.37. The molecule has 2 aromatic heterocycles. The molecule has 0 aromatic carbocycles. The van der Waals surface area contributed by atoms with E-state index in [-0.39, 0.29) is 17.1 Å². The number of anilines is 1. The Labute approximate surface area is 216 Å². The van der Waals surface area contributed by atoms with Crippen LogP contribution in [-0.4, -0.2) is 69.2 Å². The topological polar surface area (TPSA) is 150 Å². The highest BCUT2D eigenvalue weighted by atomic mass is 35.5. The van der Waals surface area contributed by atoms with Crippen LogP contribution in [0.1, 0.15) is 31.2 Å². The smallest absolute Gasteiger partial charge is 0.340 e. The molecule has 4 N–H and O–H groups in total. The maximum absolute atomic E-state index is 16.3. The zero-order valence-electron chi connectivity index (χ0n) is 19.2. The molecule has 0 radical (unpaired) electrons. The molecule has 1 saturated carbocycles. The van der Waals surface area contributed by atoms with Gasteiger partial charge in [0.1, 0.15) is 11.3 Å². The van der Waals surface area contributed by atoms with E-state index in [4.69, 9.17) is 30.6 Å². The molecule has 6 atom stereocenters. The number of hydrogen-bond donors (Lipinski definition) is 4. The summed E-state index contributed by atoms with van der Waals surface area (Å²) in [5.41, 5.74) is -0.811. The molecule has 2 aliphatic heterocycles. The number of rotatable bonds is 8. The lowest BCUT2D eigenvalue weighted by Gasteiger charge is -2.24. The van der Waals surface area contributed by atoms with Crippen LogP contribution in [0.5, 0.6) is 0 Å². The van der Waals surface area contributed by atoms with Gasteiger partial charge in [-0.3, -0.25) is 9.13 Å². The lowest BCUT2D eigenvalue weighted by molar-refractivity contribution is -0.000206. The van der Waals surface area contributed by atoms with Crippen LogP contribution in [0.4, 0.5) is 10.1 Å². The molecular weight excluding hydrogens is 557 g/mol. The minimum Gasteiger partial charge on any atom is -0.387 e. The molecule has 4 heterocycles. The third-order valence-electron chi connectivity index (χ3n) is 7.37. The van der Waals surface area contributed by atoms with Crippen molar-refractivity contribution in [1.82, 2.24) is 4.98 Å². The molecule has 1 aliphatic carbocycles. The van der Waals surface area contributed by atoms with Gasteiger partial charge in [-0.15, -0.1) is 11.3 Å². The van der Waals surface area contributed by atoms with Crippen molar-refractivity contribution in [1.29, 1.82) is 0 Å². The fourth-order valence-corrected chi connectivity index (χ4v) is 9.57. The van der Waals surface area contributed by atoms with Crippen LogP contribution in [-0.2, 0) is 24.1 Å².